The molecule has 0 spiro atoms. The van der Waals surface area contributed by atoms with Gasteiger partial charge in [-0.05, 0) is 13.3 Å². The third kappa shape index (κ3) is 3.32. The number of benzene rings is 1. The van der Waals surface area contributed by atoms with Crippen molar-refractivity contribution in [1.82, 2.24) is 4.98 Å². The summed E-state index contributed by atoms with van der Waals surface area (Å²) in [6, 6.07) is 8.00. The Bertz CT molecular complexity index is 575. The summed E-state index contributed by atoms with van der Waals surface area (Å²) in [4.78, 5) is 15.9. The fourth-order valence-electron chi connectivity index (χ4n) is 1.71. The molecule has 19 heavy (non-hydrogen) atoms. The smallest absolute Gasteiger partial charge is 0.226 e. The van der Waals surface area contributed by atoms with E-state index in [4.69, 9.17) is 5.73 Å². The van der Waals surface area contributed by atoms with Crippen molar-refractivity contribution in [2.24, 2.45) is 0 Å². The summed E-state index contributed by atoms with van der Waals surface area (Å²) in [7, 11) is 0. The van der Waals surface area contributed by atoms with Crippen molar-refractivity contribution in [2.75, 3.05) is 11.1 Å². The molecular weight excluding hydrogens is 258 g/mol. The third-order valence-electron chi connectivity index (χ3n) is 2.70. The summed E-state index contributed by atoms with van der Waals surface area (Å²) in [6.07, 6.45) is 1.32. The minimum Gasteiger partial charge on any atom is -0.389 e. The zero-order chi connectivity index (χ0) is 13.8. The van der Waals surface area contributed by atoms with E-state index in [0.29, 0.717) is 16.6 Å². The quantitative estimate of drug-likeness (QED) is 0.898. The van der Waals surface area contributed by atoms with Gasteiger partial charge in [0.1, 0.15) is 10.7 Å². The molecule has 5 heteroatoms. The monoisotopic (exact) mass is 275 g/mol. The molecule has 0 fully saturated rings. The van der Waals surface area contributed by atoms with Crippen LogP contribution in [0.1, 0.15) is 25.3 Å². The molecule has 4 nitrogen and oxygen atoms in total. The number of rotatable bonds is 4. The average molecular weight is 275 g/mol. The molecule has 0 saturated heterocycles. The molecule has 2 aromatic rings. The predicted octanol–water partition coefficient (Wildman–Crippen LogP) is 3.44. The molecule has 2 rings (SSSR count). The molecule has 0 atom stereocenters. The number of aromatic nitrogens is 1. The van der Waals surface area contributed by atoms with Gasteiger partial charge in [-0.15, -0.1) is 0 Å². The fourth-order valence-corrected chi connectivity index (χ4v) is 2.48. The molecular formula is C14H17N3OS. The van der Waals surface area contributed by atoms with E-state index in [9.17, 15) is 4.79 Å². The van der Waals surface area contributed by atoms with Gasteiger partial charge in [-0.2, -0.15) is 0 Å². The SMILES string of the molecule is CCCC(=O)Nc1nc(-c2ccc(C)cc2)c(N)s1. The van der Waals surface area contributed by atoms with Crippen LogP contribution in [0, 0.1) is 6.92 Å². The Morgan fingerprint density at radius 2 is 2.05 bits per heavy atom. The number of anilines is 2. The van der Waals surface area contributed by atoms with Gasteiger partial charge in [-0.25, -0.2) is 4.98 Å². The lowest BCUT2D eigenvalue weighted by Crippen LogP contribution is -2.10. The lowest BCUT2D eigenvalue weighted by Gasteiger charge is -1.99. The molecule has 3 N–H and O–H groups in total. The number of nitrogen functional groups attached to an aromatic ring is 1. The highest BCUT2D eigenvalue weighted by molar-refractivity contribution is 7.20. The Kier molecular flexibility index (Phi) is 4.16. The van der Waals surface area contributed by atoms with E-state index in [1.165, 1.54) is 16.9 Å². The van der Waals surface area contributed by atoms with Gasteiger partial charge in [-0.1, -0.05) is 48.1 Å². The molecule has 0 radical (unpaired) electrons. The number of hydrogen-bond acceptors (Lipinski definition) is 4. The van der Waals surface area contributed by atoms with Gasteiger partial charge < -0.3 is 11.1 Å². The van der Waals surface area contributed by atoms with E-state index in [0.717, 1.165) is 17.7 Å². The van der Waals surface area contributed by atoms with Gasteiger partial charge in [0.15, 0.2) is 5.13 Å². The summed E-state index contributed by atoms with van der Waals surface area (Å²) >= 11 is 1.30. The van der Waals surface area contributed by atoms with Crippen molar-refractivity contribution in [3.63, 3.8) is 0 Å². The predicted molar refractivity (Wildman–Crippen MR) is 80.2 cm³/mol. The van der Waals surface area contributed by atoms with Gasteiger partial charge in [0.2, 0.25) is 5.91 Å². The molecule has 0 bridgehead atoms. The highest BCUT2D eigenvalue weighted by atomic mass is 32.1. The summed E-state index contributed by atoms with van der Waals surface area (Å²) in [5.74, 6) is -0.0216. The van der Waals surface area contributed by atoms with Gasteiger partial charge in [-0.3, -0.25) is 4.79 Å². The molecule has 0 aliphatic heterocycles. The van der Waals surface area contributed by atoms with Crippen LogP contribution in [-0.2, 0) is 4.79 Å². The van der Waals surface area contributed by atoms with Crippen LogP contribution >= 0.6 is 11.3 Å². The van der Waals surface area contributed by atoms with Crippen LogP contribution in [0.2, 0.25) is 0 Å². The number of nitrogens with zero attached hydrogens (tertiary/aromatic N) is 1. The van der Waals surface area contributed by atoms with E-state index in [-0.39, 0.29) is 5.91 Å². The van der Waals surface area contributed by atoms with Crippen molar-refractivity contribution in [3.05, 3.63) is 29.8 Å². The van der Waals surface area contributed by atoms with Gasteiger partial charge in [0.05, 0.1) is 0 Å². The lowest BCUT2D eigenvalue weighted by molar-refractivity contribution is -0.116. The molecule has 0 unspecified atom stereocenters. The van der Waals surface area contributed by atoms with Crippen LogP contribution in [0.5, 0.6) is 0 Å². The fraction of sp³-hybridized carbons (Fsp3) is 0.286. The first-order valence-electron chi connectivity index (χ1n) is 6.23. The number of carbonyl (C=O) groups is 1. The van der Waals surface area contributed by atoms with Crippen LogP contribution in [-0.4, -0.2) is 10.9 Å². The number of carbonyl (C=O) groups excluding carboxylic acids is 1. The zero-order valence-electron chi connectivity index (χ0n) is 11.1. The van der Waals surface area contributed by atoms with Crippen molar-refractivity contribution < 1.29 is 4.79 Å². The number of aryl methyl sites for hydroxylation is 1. The maximum absolute atomic E-state index is 11.5. The highest BCUT2D eigenvalue weighted by Gasteiger charge is 2.12. The molecule has 0 aliphatic carbocycles. The number of hydrogen-bond donors (Lipinski definition) is 2. The number of nitrogens with two attached hydrogens (primary N) is 1. The van der Waals surface area contributed by atoms with Crippen molar-refractivity contribution in [2.45, 2.75) is 26.7 Å². The lowest BCUT2D eigenvalue weighted by atomic mass is 10.1. The second kappa shape index (κ2) is 5.84. The van der Waals surface area contributed by atoms with Crippen molar-refractivity contribution >= 4 is 27.4 Å². The van der Waals surface area contributed by atoms with Crippen LogP contribution in [0.25, 0.3) is 11.3 Å². The first-order valence-corrected chi connectivity index (χ1v) is 7.05. The largest absolute Gasteiger partial charge is 0.389 e. The second-order valence-electron chi connectivity index (χ2n) is 4.40. The topological polar surface area (TPSA) is 68.0 Å². The third-order valence-corrected chi connectivity index (χ3v) is 3.50. The Hall–Kier alpha value is -1.88. The molecule has 0 saturated carbocycles. The maximum Gasteiger partial charge on any atom is 0.226 e. The number of nitrogens with one attached hydrogen (secondary N) is 1. The van der Waals surface area contributed by atoms with E-state index >= 15 is 0 Å². The van der Waals surface area contributed by atoms with Gasteiger partial charge in [0, 0.05) is 12.0 Å². The van der Waals surface area contributed by atoms with Gasteiger partial charge in [0.25, 0.3) is 0 Å². The number of thiazole rings is 1. The standard InChI is InChI=1S/C14H17N3OS/c1-3-4-11(18)16-14-17-12(13(15)19-14)10-7-5-9(2)6-8-10/h5-8H,3-4,15H2,1-2H3,(H,16,17,18). The summed E-state index contributed by atoms with van der Waals surface area (Å²) in [6.45, 7) is 4.00. The minimum absolute atomic E-state index is 0.0216. The minimum atomic E-state index is -0.0216. The molecule has 1 aromatic carbocycles. The summed E-state index contributed by atoms with van der Waals surface area (Å²) < 4.78 is 0. The summed E-state index contributed by atoms with van der Waals surface area (Å²) in [5.41, 5.74) is 8.86. The van der Waals surface area contributed by atoms with E-state index < -0.39 is 0 Å². The first-order chi connectivity index (χ1) is 9.10. The van der Waals surface area contributed by atoms with E-state index in [1.54, 1.807) is 0 Å². The normalized spacial score (nSPS) is 10.4. The maximum atomic E-state index is 11.5. The Morgan fingerprint density at radius 3 is 2.68 bits per heavy atom. The zero-order valence-corrected chi connectivity index (χ0v) is 11.9. The Balaban J connectivity index is 2.21. The van der Waals surface area contributed by atoms with Crippen molar-refractivity contribution in [3.8, 4) is 11.3 Å². The molecule has 1 heterocycles. The molecule has 100 valence electrons. The van der Waals surface area contributed by atoms with Crippen LogP contribution in [0.4, 0.5) is 10.1 Å². The Morgan fingerprint density at radius 1 is 1.37 bits per heavy atom. The average Bonchev–Trinajstić information content (AvgIpc) is 2.71. The van der Waals surface area contributed by atoms with Gasteiger partial charge >= 0.3 is 0 Å². The molecule has 1 amide bonds. The van der Waals surface area contributed by atoms with Crippen LogP contribution in [0.3, 0.4) is 0 Å². The van der Waals surface area contributed by atoms with E-state index in [1.807, 2.05) is 38.1 Å². The number of amides is 1. The van der Waals surface area contributed by atoms with E-state index in [2.05, 4.69) is 10.3 Å². The Labute approximate surface area is 116 Å². The van der Waals surface area contributed by atoms with Crippen LogP contribution in [0.15, 0.2) is 24.3 Å². The highest BCUT2D eigenvalue weighted by Crippen LogP contribution is 2.33. The first kappa shape index (κ1) is 13.5. The molecule has 1 aromatic heterocycles. The summed E-state index contributed by atoms with van der Waals surface area (Å²) in [5, 5.41) is 3.96. The second-order valence-corrected chi connectivity index (χ2v) is 5.43. The molecule has 0 aliphatic rings. The van der Waals surface area contributed by atoms with Crippen molar-refractivity contribution in [1.29, 1.82) is 0 Å². The van der Waals surface area contributed by atoms with Crippen LogP contribution < -0.4 is 11.1 Å².